The number of anilines is 3. The molecular weight excluding hydrogens is 520 g/mol. The lowest BCUT2D eigenvalue weighted by atomic mass is 10.2. The maximum atomic E-state index is 12.3. The van der Waals surface area contributed by atoms with Gasteiger partial charge in [-0.05, 0) is 62.2 Å². The Bertz CT molecular complexity index is 1620. The molecule has 4 aromatic rings. The topological polar surface area (TPSA) is 91.5 Å². The highest BCUT2D eigenvalue weighted by Crippen LogP contribution is 2.43. The maximum Gasteiger partial charge on any atom is 0.229 e. The van der Waals surface area contributed by atoms with E-state index in [2.05, 4.69) is 48.2 Å². The zero-order valence-corrected chi connectivity index (χ0v) is 23.3. The summed E-state index contributed by atoms with van der Waals surface area (Å²) >= 11 is 6.69. The van der Waals surface area contributed by atoms with Crippen LogP contribution < -0.4 is 10.2 Å². The Hall–Kier alpha value is -3.21. The molecule has 1 saturated heterocycles. The van der Waals surface area contributed by atoms with Crippen LogP contribution >= 0.6 is 11.6 Å². The molecule has 2 fully saturated rings. The van der Waals surface area contributed by atoms with Gasteiger partial charge in [-0.25, -0.2) is 14.2 Å². The van der Waals surface area contributed by atoms with Crippen LogP contribution in [0.5, 0.6) is 0 Å². The van der Waals surface area contributed by atoms with Gasteiger partial charge >= 0.3 is 0 Å². The van der Waals surface area contributed by atoms with Crippen LogP contribution in [-0.2, 0) is 9.73 Å². The quantitative estimate of drug-likeness (QED) is 0.353. The number of hydrogen-bond donors (Lipinski definition) is 1. The van der Waals surface area contributed by atoms with E-state index in [-0.39, 0.29) is 0 Å². The van der Waals surface area contributed by atoms with Crippen LogP contribution in [-0.4, -0.2) is 74.4 Å². The molecule has 0 spiro atoms. The summed E-state index contributed by atoms with van der Waals surface area (Å²) in [6, 6.07) is 13.7. The minimum Gasteiger partial charge on any atom is -0.368 e. The molecule has 198 valence electrons. The third-order valence-electron chi connectivity index (χ3n) is 6.87. The van der Waals surface area contributed by atoms with Crippen LogP contribution in [0.3, 0.4) is 0 Å². The number of fused-ring (bicyclic) bond motifs is 1. The Balaban J connectivity index is 1.34. The first kappa shape index (κ1) is 25.1. The van der Waals surface area contributed by atoms with Gasteiger partial charge in [-0.2, -0.15) is 9.35 Å². The second-order valence-electron chi connectivity index (χ2n) is 10.4. The first-order valence-electron chi connectivity index (χ1n) is 12.8. The molecule has 11 heteroatoms. The maximum absolute atomic E-state index is 12.3. The van der Waals surface area contributed by atoms with Gasteiger partial charge in [0.1, 0.15) is 5.82 Å². The average molecular weight is 551 g/mol. The molecule has 1 aromatic carbocycles. The molecule has 1 aliphatic carbocycles. The van der Waals surface area contributed by atoms with Gasteiger partial charge in [-0.15, -0.1) is 0 Å². The molecule has 38 heavy (non-hydrogen) atoms. The van der Waals surface area contributed by atoms with E-state index >= 15 is 0 Å². The van der Waals surface area contributed by atoms with Gasteiger partial charge in [0.15, 0.2) is 11.5 Å². The van der Waals surface area contributed by atoms with Crippen molar-refractivity contribution in [1.29, 1.82) is 0 Å². The molecule has 0 atom stereocenters. The number of piperazine rings is 1. The molecule has 0 bridgehead atoms. The first-order chi connectivity index (χ1) is 18.2. The van der Waals surface area contributed by atoms with E-state index in [1.807, 2.05) is 30.5 Å². The highest BCUT2D eigenvalue weighted by Gasteiger charge is 2.29. The zero-order valence-electron chi connectivity index (χ0n) is 21.8. The summed E-state index contributed by atoms with van der Waals surface area (Å²) in [4.78, 5) is 18.8. The minimum atomic E-state index is -2.33. The van der Waals surface area contributed by atoms with Crippen molar-refractivity contribution in [3.8, 4) is 5.82 Å². The van der Waals surface area contributed by atoms with Gasteiger partial charge in [0.05, 0.1) is 10.7 Å². The summed E-state index contributed by atoms with van der Waals surface area (Å²) in [5, 5.41) is 4.97. The highest BCUT2D eigenvalue weighted by molar-refractivity contribution is 7.92. The van der Waals surface area contributed by atoms with Crippen molar-refractivity contribution in [2.75, 3.05) is 56.0 Å². The second kappa shape index (κ2) is 9.83. The number of likely N-dealkylation sites (N-methyl/N-ethyl adjacent to an activating group) is 1. The summed E-state index contributed by atoms with van der Waals surface area (Å²) in [5.74, 6) is 2.10. The molecule has 4 heterocycles. The Kier molecular flexibility index (Phi) is 6.49. The van der Waals surface area contributed by atoms with Crippen LogP contribution in [0, 0.1) is 0 Å². The van der Waals surface area contributed by atoms with E-state index in [0.29, 0.717) is 28.5 Å². The lowest BCUT2D eigenvalue weighted by Crippen LogP contribution is -2.44. The zero-order chi connectivity index (χ0) is 26.4. The van der Waals surface area contributed by atoms with Gasteiger partial charge in [0.25, 0.3) is 0 Å². The molecule has 9 nitrogen and oxygen atoms in total. The van der Waals surface area contributed by atoms with E-state index in [9.17, 15) is 4.21 Å². The third kappa shape index (κ3) is 5.34. The smallest absolute Gasteiger partial charge is 0.229 e. The standard InChI is InChI=1S/C27H31ClN8OS/c1-34-11-13-35(14-12-34)22-10-9-20(16-21(22)28)30-27-29-17-19-15-23(18-7-8-18)36(26(19)32-27)25-6-4-5-24(31-25)33-38(2,3)37/h4-6,9-10,15-18H,7-8,11-14H2,1-3H3,(H,29,30,32). The molecular formula is C27H31ClN8OS. The van der Waals surface area contributed by atoms with Crippen molar-refractivity contribution in [3.63, 3.8) is 0 Å². The first-order valence-corrected chi connectivity index (χ1v) is 15.5. The number of pyridine rings is 1. The van der Waals surface area contributed by atoms with Gasteiger partial charge in [-0.3, -0.25) is 4.57 Å². The molecule has 3 aromatic heterocycles. The fourth-order valence-electron chi connectivity index (χ4n) is 4.82. The number of rotatable bonds is 6. The monoisotopic (exact) mass is 550 g/mol. The van der Waals surface area contributed by atoms with E-state index < -0.39 is 9.73 Å². The van der Waals surface area contributed by atoms with Crippen LogP contribution in [0.4, 0.5) is 23.1 Å². The predicted molar refractivity (Wildman–Crippen MR) is 155 cm³/mol. The number of hydrogen-bond acceptors (Lipinski definition) is 8. The molecule has 1 N–H and O–H groups in total. The molecule has 1 saturated carbocycles. The number of aromatic nitrogens is 4. The van der Waals surface area contributed by atoms with Crippen molar-refractivity contribution >= 4 is 55.5 Å². The Morgan fingerprint density at radius 3 is 2.55 bits per heavy atom. The van der Waals surface area contributed by atoms with Crippen molar-refractivity contribution < 1.29 is 4.21 Å². The van der Waals surface area contributed by atoms with E-state index in [1.54, 1.807) is 18.6 Å². The highest BCUT2D eigenvalue weighted by atomic mass is 35.5. The van der Waals surface area contributed by atoms with Crippen LogP contribution in [0.25, 0.3) is 16.9 Å². The van der Waals surface area contributed by atoms with E-state index in [4.69, 9.17) is 21.6 Å². The van der Waals surface area contributed by atoms with Gasteiger partial charge in [-0.1, -0.05) is 17.7 Å². The van der Waals surface area contributed by atoms with Crippen molar-refractivity contribution in [2.24, 2.45) is 4.36 Å². The van der Waals surface area contributed by atoms with Crippen molar-refractivity contribution in [2.45, 2.75) is 18.8 Å². The Morgan fingerprint density at radius 2 is 1.84 bits per heavy atom. The molecule has 1 aliphatic heterocycles. The fourth-order valence-corrected chi connectivity index (χ4v) is 5.67. The molecule has 0 radical (unpaired) electrons. The van der Waals surface area contributed by atoms with E-state index in [0.717, 1.165) is 67.1 Å². The largest absolute Gasteiger partial charge is 0.368 e. The molecule has 0 amide bonds. The normalized spacial score (nSPS) is 16.7. The molecule has 2 aliphatic rings. The van der Waals surface area contributed by atoms with Crippen LogP contribution in [0.2, 0.25) is 5.02 Å². The Morgan fingerprint density at radius 1 is 1.05 bits per heavy atom. The predicted octanol–water partition coefficient (Wildman–Crippen LogP) is 5.20. The summed E-state index contributed by atoms with van der Waals surface area (Å²) in [6.07, 6.45) is 7.32. The lowest BCUT2D eigenvalue weighted by Gasteiger charge is -2.34. The summed E-state index contributed by atoms with van der Waals surface area (Å²) < 4.78 is 18.6. The number of halogens is 1. The lowest BCUT2D eigenvalue weighted by molar-refractivity contribution is 0.313. The Labute approximate surface area is 228 Å². The number of benzene rings is 1. The SMILES string of the molecule is CN1CCN(c2ccc(Nc3ncc4cc(C5CC5)n(-c5cccc(N=S(C)(C)=O)n5)c4n3)cc2Cl)CC1. The summed E-state index contributed by atoms with van der Waals surface area (Å²) in [7, 11) is -0.183. The summed E-state index contributed by atoms with van der Waals surface area (Å²) in [6.45, 7) is 3.96. The number of nitrogens with zero attached hydrogens (tertiary/aromatic N) is 7. The van der Waals surface area contributed by atoms with Gasteiger partial charge < -0.3 is 15.1 Å². The minimum absolute atomic E-state index is 0.448. The van der Waals surface area contributed by atoms with Gasteiger partial charge in [0.2, 0.25) is 5.95 Å². The fraction of sp³-hybridized carbons (Fsp3) is 0.370. The molecule has 0 unspecified atom stereocenters. The summed E-state index contributed by atoms with van der Waals surface area (Å²) in [5.41, 5.74) is 3.80. The third-order valence-corrected chi connectivity index (χ3v) is 7.80. The average Bonchev–Trinajstić information content (AvgIpc) is 3.64. The van der Waals surface area contributed by atoms with Gasteiger partial charge in [0, 0.05) is 71.4 Å². The van der Waals surface area contributed by atoms with Crippen molar-refractivity contribution in [1.82, 2.24) is 24.4 Å². The van der Waals surface area contributed by atoms with Crippen LogP contribution in [0.1, 0.15) is 24.5 Å². The second-order valence-corrected chi connectivity index (χ2v) is 13.3. The number of nitrogens with one attached hydrogen (secondary N) is 1. The van der Waals surface area contributed by atoms with Crippen LogP contribution in [0.15, 0.2) is 53.0 Å². The van der Waals surface area contributed by atoms with Crippen molar-refractivity contribution in [3.05, 3.63) is 59.4 Å². The van der Waals surface area contributed by atoms with E-state index in [1.165, 1.54) is 0 Å². The molecule has 6 rings (SSSR count).